The fourth-order valence-electron chi connectivity index (χ4n) is 1.65. The number of amides is 2. The van der Waals surface area contributed by atoms with Gasteiger partial charge in [0.15, 0.2) is 0 Å². The van der Waals surface area contributed by atoms with Crippen molar-refractivity contribution in [3.63, 3.8) is 0 Å². The van der Waals surface area contributed by atoms with E-state index in [9.17, 15) is 9.59 Å². The van der Waals surface area contributed by atoms with Gasteiger partial charge in [0, 0.05) is 6.04 Å². The highest BCUT2D eigenvalue weighted by atomic mass is 32.1. The summed E-state index contributed by atoms with van der Waals surface area (Å²) < 4.78 is 0. The molecule has 0 unspecified atom stereocenters. The zero-order valence-electron chi connectivity index (χ0n) is 9.86. The van der Waals surface area contributed by atoms with Crippen molar-refractivity contribution in [2.75, 3.05) is 26.7 Å². The van der Waals surface area contributed by atoms with Crippen LogP contribution < -0.4 is 16.4 Å². The maximum atomic E-state index is 11.5. The first kappa shape index (κ1) is 13.9. The van der Waals surface area contributed by atoms with Crippen molar-refractivity contribution >= 4 is 29.0 Å². The van der Waals surface area contributed by atoms with Gasteiger partial charge in [-0.1, -0.05) is 12.2 Å². The molecule has 96 valence electrons. The maximum Gasteiger partial charge on any atom is 0.309 e. The molecule has 1 saturated heterocycles. The second kappa shape index (κ2) is 6.51. The lowest BCUT2D eigenvalue weighted by Gasteiger charge is -2.29. The molecule has 17 heavy (non-hydrogen) atoms. The van der Waals surface area contributed by atoms with Gasteiger partial charge in [-0.3, -0.25) is 9.59 Å². The Morgan fingerprint density at radius 2 is 1.94 bits per heavy atom. The van der Waals surface area contributed by atoms with Crippen LogP contribution in [0, 0.1) is 0 Å². The van der Waals surface area contributed by atoms with Crippen LogP contribution in [-0.2, 0) is 9.59 Å². The van der Waals surface area contributed by atoms with Gasteiger partial charge in [-0.25, -0.2) is 0 Å². The van der Waals surface area contributed by atoms with Gasteiger partial charge in [-0.15, -0.1) is 0 Å². The van der Waals surface area contributed by atoms with Crippen LogP contribution in [0.25, 0.3) is 0 Å². The summed E-state index contributed by atoms with van der Waals surface area (Å²) >= 11 is 4.60. The summed E-state index contributed by atoms with van der Waals surface area (Å²) in [6, 6.07) is 0.0780. The lowest BCUT2D eigenvalue weighted by atomic mass is 10.1. The molecule has 0 aliphatic carbocycles. The Morgan fingerprint density at radius 3 is 2.47 bits per heavy atom. The van der Waals surface area contributed by atoms with Gasteiger partial charge >= 0.3 is 11.8 Å². The number of rotatable bonds is 3. The Hall–Kier alpha value is -1.21. The maximum absolute atomic E-state index is 11.5. The van der Waals surface area contributed by atoms with Crippen molar-refractivity contribution < 1.29 is 9.59 Å². The average Bonchev–Trinajstić information content (AvgIpc) is 2.28. The van der Waals surface area contributed by atoms with Crippen LogP contribution in [0.3, 0.4) is 0 Å². The van der Waals surface area contributed by atoms with E-state index in [1.54, 1.807) is 0 Å². The molecule has 1 heterocycles. The van der Waals surface area contributed by atoms with Crippen molar-refractivity contribution in [1.82, 2.24) is 15.5 Å². The monoisotopic (exact) mass is 258 g/mol. The van der Waals surface area contributed by atoms with E-state index >= 15 is 0 Å². The number of carbonyl (C=O) groups excluding carboxylic acids is 2. The minimum Gasteiger partial charge on any atom is -0.392 e. The molecule has 0 radical (unpaired) electrons. The minimum atomic E-state index is -0.684. The Bertz CT molecular complexity index is 313. The highest BCUT2D eigenvalue weighted by Gasteiger charge is 2.21. The molecule has 1 aliphatic rings. The summed E-state index contributed by atoms with van der Waals surface area (Å²) in [4.78, 5) is 25.2. The van der Waals surface area contributed by atoms with Crippen LogP contribution in [0.5, 0.6) is 0 Å². The minimum absolute atomic E-state index is 0.0506. The summed E-state index contributed by atoms with van der Waals surface area (Å²) in [7, 11) is 2.03. The van der Waals surface area contributed by atoms with Crippen LogP contribution in [0.4, 0.5) is 0 Å². The summed E-state index contributed by atoms with van der Waals surface area (Å²) in [5, 5.41) is 5.05. The molecule has 7 heteroatoms. The summed E-state index contributed by atoms with van der Waals surface area (Å²) in [6.07, 6.45) is 1.73. The SMILES string of the molecule is CN1CCC(NC(=O)C(=O)NCC(N)=S)CC1. The normalized spacial score (nSPS) is 17.5. The average molecular weight is 258 g/mol. The number of piperidine rings is 1. The quantitative estimate of drug-likeness (QED) is 0.428. The zero-order valence-corrected chi connectivity index (χ0v) is 10.7. The third-order valence-electron chi connectivity index (χ3n) is 2.68. The fraction of sp³-hybridized carbons (Fsp3) is 0.700. The number of nitrogens with two attached hydrogens (primary N) is 1. The van der Waals surface area contributed by atoms with E-state index in [2.05, 4.69) is 27.8 Å². The molecule has 0 saturated carbocycles. The summed E-state index contributed by atoms with van der Waals surface area (Å²) in [5.41, 5.74) is 5.22. The van der Waals surface area contributed by atoms with Crippen molar-refractivity contribution in [2.24, 2.45) is 5.73 Å². The Kier molecular flexibility index (Phi) is 5.30. The molecule has 1 aliphatic heterocycles. The number of nitrogens with zero attached hydrogens (tertiary/aromatic N) is 1. The van der Waals surface area contributed by atoms with Gasteiger partial charge in [0.25, 0.3) is 0 Å². The Labute approximate surface area is 106 Å². The predicted octanol–water partition coefficient (Wildman–Crippen LogP) is -1.40. The number of hydrogen-bond donors (Lipinski definition) is 3. The van der Waals surface area contributed by atoms with Gasteiger partial charge in [-0.2, -0.15) is 0 Å². The van der Waals surface area contributed by atoms with Gasteiger partial charge in [0.05, 0.1) is 11.5 Å². The number of thiocarbonyl (C=S) groups is 1. The molecule has 1 fully saturated rings. The molecule has 0 bridgehead atoms. The van der Waals surface area contributed by atoms with Crippen LogP contribution in [0.15, 0.2) is 0 Å². The Balaban J connectivity index is 2.28. The molecule has 6 nitrogen and oxygen atoms in total. The van der Waals surface area contributed by atoms with Crippen LogP contribution >= 0.6 is 12.2 Å². The van der Waals surface area contributed by atoms with Gasteiger partial charge in [0.2, 0.25) is 0 Å². The second-order valence-electron chi connectivity index (χ2n) is 4.20. The molecular weight excluding hydrogens is 240 g/mol. The lowest BCUT2D eigenvalue weighted by Crippen LogP contribution is -2.49. The van der Waals surface area contributed by atoms with Crippen molar-refractivity contribution in [3.8, 4) is 0 Å². The lowest BCUT2D eigenvalue weighted by molar-refractivity contribution is -0.139. The molecule has 2 amide bonds. The third-order valence-corrected chi connectivity index (χ3v) is 2.83. The van der Waals surface area contributed by atoms with E-state index in [1.807, 2.05) is 7.05 Å². The van der Waals surface area contributed by atoms with E-state index in [-0.39, 0.29) is 17.6 Å². The number of carbonyl (C=O) groups is 2. The topological polar surface area (TPSA) is 87.5 Å². The first-order chi connectivity index (χ1) is 7.99. The predicted molar refractivity (Wildman–Crippen MR) is 68.5 cm³/mol. The summed E-state index contributed by atoms with van der Waals surface area (Å²) in [6.45, 7) is 1.91. The highest BCUT2D eigenvalue weighted by Crippen LogP contribution is 2.07. The van der Waals surface area contributed by atoms with Gasteiger partial charge in [-0.05, 0) is 33.0 Å². The van der Waals surface area contributed by atoms with E-state index < -0.39 is 11.8 Å². The van der Waals surface area contributed by atoms with Crippen molar-refractivity contribution in [3.05, 3.63) is 0 Å². The molecule has 0 aromatic carbocycles. The van der Waals surface area contributed by atoms with Crippen LogP contribution in [0.1, 0.15) is 12.8 Å². The third kappa shape index (κ3) is 5.10. The fourth-order valence-corrected chi connectivity index (χ4v) is 1.72. The van der Waals surface area contributed by atoms with E-state index in [1.165, 1.54) is 0 Å². The molecule has 0 aromatic rings. The molecule has 0 atom stereocenters. The molecule has 4 N–H and O–H groups in total. The molecule has 0 spiro atoms. The molecule has 1 rings (SSSR count). The largest absolute Gasteiger partial charge is 0.392 e. The van der Waals surface area contributed by atoms with Crippen molar-refractivity contribution in [2.45, 2.75) is 18.9 Å². The van der Waals surface area contributed by atoms with Gasteiger partial charge in [0.1, 0.15) is 0 Å². The van der Waals surface area contributed by atoms with E-state index in [0.717, 1.165) is 25.9 Å². The van der Waals surface area contributed by atoms with E-state index in [0.29, 0.717) is 0 Å². The first-order valence-electron chi connectivity index (χ1n) is 5.54. The number of hydrogen-bond acceptors (Lipinski definition) is 4. The Morgan fingerprint density at radius 1 is 1.35 bits per heavy atom. The second-order valence-corrected chi connectivity index (χ2v) is 4.72. The van der Waals surface area contributed by atoms with Gasteiger partial charge < -0.3 is 21.3 Å². The van der Waals surface area contributed by atoms with Crippen LogP contribution in [-0.4, -0.2) is 54.4 Å². The molecule has 0 aromatic heterocycles. The number of nitrogens with one attached hydrogen (secondary N) is 2. The van der Waals surface area contributed by atoms with E-state index in [4.69, 9.17) is 5.73 Å². The first-order valence-corrected chi connectivity index (χ1v) is 5.95. The zero-order chi connectivity index (χ0) is 12.8. The standard InChI is InChI=1S/C10H18N4O2S/c1-14-4-2-7(3-5-14)13-10(16)9(15)12-6-8(11)17/h7H,2-6H2,1H3,(H2,11,17)(H,12,15)(H,13,16). The molecular formula is C10H18N4O2S. The number of likely N-dealkylation sites (tertiary alicyclic amines) is 1. The van der Waals surface area contributed by atoms with Crippen LogP contribution in [0.2, 0.25) is 0 Å². The summed E-state index contributed by atoms with van der Waals surface area (Å²) in [5.74, 6) is -1.30. The highest BCUT2D eigenvalue weighted by molar-refractivity contribution is 7.80. The van der Waals surface area contributed by atoms with Crippen molar-refractivity contribution in [1.29, 1.82) is 0 Å². The smallest absolute Gasteiger partial charge is 0.309 e.